The molecule has 31 heavy (non-hydrogen) atoms. The predicted octanol–water partition coefficient (Wildman–Crippen LogP) is 5.02. The van der Waals surface area contributed by atoms with Crippen molar-refractivity contribution in [3.8, 4) is 17.2 Å². The number of nitrogens with one attached hydrogen (secondary N) is 2. The Hall–Kier alpha value is -3.65. The standard InChI is InChI=1S/C23H22N4O3S/c1-14(17-6-4-5-7-20(17)29-3)26-23-27-18-9-8-15(13-21(18)31-23)30-16-10-11-25-19(12-16)22(28)24-2/h4-14H,1-3H3,(H,24,28)(H,26,27). The number of hydrogen-bond acceptors (Lipinski definition) is 7. The van der Waals surface area contributed by atoms with Gasteiger partial charge in [-0.2, -0.15) is 0 Å². The summed E-state index contributed by atoms with van der Waals surface area (Å²) in [4.78, 5) is 20.5. The zero-order valence-corrected chi connectivity index (χ0v) is 18.2. The zero-order chi connectivity index (χ0) is 21.8. The van der Waals surface area contributed by atoms with Crippen LogP contribution in [0.2, 0.25) is 0 Å². The van der Waals surface area contributed by atoms with E-state index in [2.05, 4.69) is 27.5 Å². The first-order chi connectivity index (χ1) is 15.1. The van der Waals surface area contributed by atoms with Crippen molar-refractivity contribution in [1.29, 1.82) is 0 Å². The van der Waals surface area contributed by atoms with Crippen molar-refractivity contribution in [3.05, 3.63) is 72.1 Å². The molecule has 0 fully saturated rings. The Bertz CT molecular complexity index is 1220. The minimum atomic E-state index is -0.261. The molecule has 7 nitrogen and oxygen atoms in total. The second kappa shape index (κ2) is 9.01. The summed E-state index contributed by atoms with van der Waals surface area (Å²) >= 11 is 1.55. The number of fused-ring (bicyclic) bond motifs is 1. The van der Waals surface area contributed by atoms with Crippen LogP contribution in [0, 0.1) is 0 Å². The van der Waals surface area contributed by atoms with E-state index in [9.17, 15) is 4.79 Å². The Morgan fingerprint density at radius 1 is 1.10 bits per heavy atom. The average molecular weight is 435 g/mol. The molecule has 158 valence electrons. The van der Waals surface area contributed by atoms with Gasteiger partial charge < -0.3 is 20.1 Å². The molecule has 4 rings (SSSR count). The maximum absolute atomic E-state index is 11.8. The number of carbonyl (C=O) groups excluding carboxylic acids is 1. The zero-order valence-electron chi connectivity index (χ0n) is 17.4. The number of carbonyl (C=O) groups is 1. The van der Waals surface area contributed by atoms with Gasteiger partial charge in [-0.05, 0) is 31.2 Å². The number of thiazole rings is 1. The molecule has 0 spiro atoms. The van der Waals surface area contributed by atoms with Crippen molar-refractivity contribution in [1.82, 2.24) is 15.3 Å². The quantitative estimate of drug-likeness (QED) is 0.425. The van der Waals surface area contributed by atoms with E-state index in [1.807, 2.05) is 42.5 Å². The van der Waals surface area contributed by atoms with E-state index in [0.717, 1.165) is 26.7 Å². The summed E-state index contributed by atoms with van der Waals surface area (Å²) in [5.41, 5.74) is 2.25. The number of anilines is 1. The van der Waals surface area contributed by atoms with Crippen LogP contribution in [0.5, 0.6) is 17.2 Å². The monoisotopic (exact) mass is 434 g/mol. The Morgan fingerprint density at radius 2 is 1.90 bits per heavy atom. The van der Waals surface area contributed by atoms with Crippen LogP contribution in [0.1, 0.15) is 29.0 Å². The lowest BCUT2D eigenvalue weighted by Gasteiger charge is -2.16. The van der Waals surface area contributed by atoms with Gasteiger partial charge in [-0.3, -0.25) is 9.78 Å². The third-order valence-electron chi connectivity index (χ3n) is 4.73. The van der Waals surface area contributed by atoms with Crippen molar-refractivity contribution in [2.24, 2.45) is 0 Å². The molecule has 4 aromatic rings. The molecule has 0 aliphatic carbocycles. The van der Waals surface area contributed by atoms with Crippen LogP contribution in [0.25, 0.3) is 10.2 Å². The van der Waals surface area contributed by atoms with Crippen LogP contribution in [0.4, 0.5) is 5.13 Å². The van der Waals surface area contributed by atoms with Crippen LogP contribution in [-0.4, -0.2) is 30.0 Å². The molecule has 1 amide bonds. The number of amides is 1. The normalized spacial score (nSPS) is 11.7. The number of rotatable bonds is 7. The highest BCUT2D eigenvalue weighted by Gasteiger charge is 2.14. The second-order valence-electron chi connectivity index (χ2n) is 6.81. The lowest BCUT2D eigenvalue weighted by molar-refractivity contribution is 0.0958. The van der Waals surface area contributed by atoms with Gasteiger partial charge in [0.15, 0.2) is 5.13 Å². The number of methoxy groups -OCH3 is 1. The summed E-state index contributed by atoms with van der Waals surface area (Å²) in [5.74, 6) is 1.78. The topological polar surface area (TPSA) is 85.4 Å². The molecule has 2 heterocycles. The first-order valence-electron chi connectivity index (χ1n) is 9.73. The maximum Gasteiger partial charge on any atom is 0.269 e. The molecule has 0 saturated carbocycles. The number of para-hydroxylation sites is 1. The van der Waals surface area contributed by atoms with Gasteiger partial charge in [-0.15, -0.1) is 0 Å². The molecule has 0 aliphatic heterocycles. The second-order valence-corrected chi connectivity index (χ2v) is 7.85. The van der Waals surface area contributed by atoms with E-state index in [0.29, 0.717) is 17.2 Å². The van der Waals surface area contributed by atoms with E-state index < -0.39 is 0 Å². The molecule has 0 bridgehead atoms. The lowest BCUT2D eigenvalue weighted by Crippen LogP contribution is -2.18. The van der Waals surface area contributed by atoms with Crippen LogP contribution >= 0.6 is 11.3 Å². The fourth-order valence-corrected chi connectivity index (χ4v) is 4.16. The predicted molar refractivity (Wildman–Crippen MR) is 122 cm³/mol. The summed E-state index contributed by atoms with van der Waals surface area (Å²) in [7, 11) is 3.24. The van der Waals surface area contributed by atoms with Crippen LogP contribution in [0.15, 0.2) is 60.8 Å². The molecule has 1 unspecified atom stereocenters. The van der Waals surface area contributed by atoms with Gasteiger partial charge in [0.05, 0.1) is 23.4 Å². The van der Waals surface area contributed by atoms with E-state index in [1.165, 1.54) is 0 Å². The lowest BCUT2D eigenvalue weighted by atomic mass is 10.1. The van der Waals surface area contributed by atoms with E-state index in [4.69, 9.17) is 9.47 Å². The number of ether oxygens (including phenoxy) is 2. The first kappa shape index (κ1) is 20.6. The van der Waals surface area contributed by atoms with E-state index in [-0.39, 0.29) is 11.9 Å². The number of hydrogen-bond donors (Lipinski definition) is 2. The maximum atomic E-state index is 11.8. The average Bonchev–Trinajstić information content (AvgIpc) is 3.20. The van der Waals surface area contributed by atoms with Crippen molar-refractivity contribution in [2.75, 3.05) is 19.5 Å². The van der Waals surface area contributed by atoms with Gasteiger partial charge in [-0.25, -0.2) is 4.98 Å². The fourth-order valence-electron chi connectivity index (χ4n) is 3.18. The molecule has 1 atom stereocenters. The van der Waals surface area contributed by atoms with Crippen LogP contribution in [-0.2, 0) is 0 Å². The van der Waals surface area contributed by atoms with Gasteiger partial charge in [0.2, 0.25) is 0 Å². The Labute approximate surface area is 184 Å². The fraction of sp³-hybridized carbons (Fsp3) is 0.174. The molecule has 0 aliphatic rings. The largest absolute Gasteiger partial charge is 0.496 e. The van der Waals surface area contributed by atoms with E-state index >= 15 is 0 Å². The van der Waals surface area contributed by atoms with Gasteiger partial charge in [0.25, 0.3) is 5.91 Å². The Balaban J connectivity index is 1.53. The minimum absolute atomic E-state index is 0.0346. The molecule has 8 heteroatoms. The van der Waals surface area contributed by atoms with Gasteiger partial charge >= 0.3 is 0 Å². The molecular formula is C23H22N4O3S. The van der Waals surface area contributed by atoms with Gasteiger partial charge in [-0.1, -0.05) is 29.5 Å². The van der Waals surface area contributed by atoms with E-state index in [1.54, 1.807) is 43.8 Å². The summed E-state index contributed by atoms with van der Waals surface area (Å²) in [6.45, 7) is 2.08. The smallest absolute Gasteiger partial charge is 0.269 e. The highest BCUT2D eigenvalue weighted by atomic mass is 32.1. The highest BCUT2D eigenvalue weighted by molar-refractivity contribution is 7.22. The highest BCUT2D eigenvalue weighted by Crippen LogP contribution is 2.34. The van der Waals surface area contributed by atoms with Gasteiger partial charge in [0.1, 0.15) is 22.9 Å². The number of aromatic nitrogens is 2. The van der Waals surface area contributed by atoms with Crippen molar-refractivity contribution in [2.45, 2.75) is 13.0 Å². The third kappa shape index (κ3) is 4.59. The Morgan fingerprint density at radius 3 is 2.71 bits per heavy atom. The third-order valence-corrected chi connectivity index (χ3v) is 5.68. The summed E-state index contributed by atoms with van der Waals surface area (Å²) in [6.07, 6.45) is 1.55. The SMILES string of the molecule is CNC(=O)c1cc(Oc2ccc3nc(NC(C)c4ccccc4OC)sc3c2)ccn1. The number of pyridine rings is 1. The van der Waals surface area contributed by atoms with Crippen molar-refractivity contribution < 1.29 is 14.3 Å². The molecule has 0 radical (unpaired) electrons. The van der Waals surface area contributed by atoms with Crippen LogP contribution < -0.4 is 20.1 Å². The summed E-state index contributed by atoms with van der Waals surface area (Å²) in [5, 5.41) is 6.82. The van der Waals surface area contributed by atoms with Crippen molar-refractivity contribution >= 4 is 32.6 Å². The molecule has 2 aromatic heterocycles. The molecule has 2 N–H and O–H groups in total. The summed E-state index contributed by atoms with van der Waals surface area (Å²) in [6, 6.07) is 17.0. The molecule has 0 saturated heterocycles. The number of benzene rings is 2. The van der Waals surface area contributed by atoms with Gasteiger partial charge in [0, 0.05) is 30.9 Å². The van der Waals surface area contributed by atoms with Crippen molar-refractivity contribution in [3.63, 3.8) is 0 Å². The number of nitrogens with zero attached hydrogens (tertiary/aromatic N) is 2. The molecule has 2 aromatic carbocycles. The summed E-state index contributed by atoms with van der Waals surface area (Å²) < 4.78 is 12.4. The Kier molecular flexibility index (Phi) is 5.99. The first-order valence-corrected chi connectivity index (χ1v) is 10.5. The van der Waals surface area contributed by atoms with Crippen LogP contribution in [0.3, 0.4) is 0 Å². The minimum Gasteiger partial charge on any atom is -0.496 e. The molecular weight excluding hydrogens is 412 g/mol.